The third-order valence-electron chi connectivity index (χ3n) is 4.15. The Bertz CT molecular complexity index is 311. The first-order chi connectivity index (χ1) is 8.42. The van der Waals surface area contributed by atoms with Crippen LogP contribution in [0.15, 0.2) is 0 Å². The number of hydrogen-bond acceptors (Lipinski definition) is 3. The second-order valence-electron chi connectivity index (χ2n) is 6.64. The molecule has 4 nitrogen and oxygen atoms in total. The molecule has 2 N–H and O–H groups in total. The molecule has 1 amide bonds. The van der Waals surface area contributed by atoms with E-state index in [1.165, 1.54) is 19.3 Å². The fraction of sp³-hybridized carbons (Fsp3) is 0.929. The molecule has 0 spiro atoms. The van der Waals surface area contributed by atoms with Crippen LogP contribution in [0.4, 0.5) is 4.79 Å². The van der Waals surface area contributed by atoms with Crippen LogP contribution in [0, 0.1) is 11.8 Å². The second kappa shape index (κ2) is 5.08. The van der Waals surface area contributed by atoms with Gasteiger partial charge in [0.05, 0.1) is 0 Å². The summed E-state index contributed by atoms with van der Waals surface area (Å²) < 4.78 is 5.51. The van der Waals surface area contributed by atoms with Crippen LogP contribution in [0.3, 0.4) is 0 Å². The van der Waals surface area contributed by atoms with E-state index < -0.39 is 5.60 Å². The number of ether oxygens (including phenoxy) is 1. The lowest BCUT2D eigenvalue weighted by atomic mass is 9.80. The summed E-state index contributed by atoms with van der Waals surface area (Å²) >= 11 is 0. The highest BCUT2D eigenvalue weighted by Crippen LogP contribution is 2.40. The summed E-state index contributed by atoms with van der Waals surface area (Å²) in [6.45, 7) is 7.21. The number of nitrogens with two attached hydrogens (primary N) is 1. The van der Waals surface area contributed by atoms with Crippen molar-refractivity contribution in [1.82, 2.24) is 4.90 Å². The van der Waals surface area contributed by atoms with Gasteiger partial charge in [-0.05, 0) is 52.0 Å². The number of carbonyl (C=O) groups excluding carboxylic acids is 1. The summed E-state index contributed by atoms with van der Waals surface area (Å²) in [5.74, 6) is 1.05. The van der Waals surface area contributed by atoms with Crippen molar-refractivity contribution in [3.8, 4) is 0 Å². The molecule has 104 valence electrons. The fourth-order valence-electron chi connectivity index (χ4n) is 3.38. The maximum absolute atomic E-state index is 12.2. The molecule has 1 aliphatic heterocycles. The van der Waals surface area contributed by atoms with E-state index >= 15 is 0 Å². The lowest BCUT2D eigenvalue weighted by molar-refractivity contribution is 0.0182. The molecule has 4 heteroatoms. The van der Waals surface area contributed by atoms with Gasteiger partial charge in [0.1, 0.15) is 5.60 Å². The molecule has 1 aliphatic carbocycles. The van der Waals surface area contributed by atoms with Gasteiger partial charge >= 0.3 is 6.09 Å². The molecule has 3 atom stereocenters. The number of hydrogen-bond donors (Lipinski definition) is 1. The van der Waals surface area contributed by atoms with Gasteiger partial charge in [0.15, 0.2) is 0 Å². The minimum absolute atomic E-state index is 0.157. The van der Waals surface area contributed by atoms with Gasteiger partial charge in [-0.15, -0.1) is 0 Å². The standard InChI is InChI=1S/C14H26N2O2/c1-14(2,3)18-13(17)16-9-10(8-15)11-6-4-5-7-12(11)16/h10-12H,4-9,15H2,1-3H3/t10-,11-,12-/m1/s1. The molecule has 2 aliphatic rings. The maximum atomic E-state index is 12.2. The average molecular weight is 254 g/mol. The zero-order chi connectivity index (χ0) is 13.3. The second-order valence-corrected chi connectivity index (χ2v) is 6.64. The van der Waals surface area contributed by atoms with Crippen LogP contribution in [-0.4, -0.2) is 35.7 Å². The van der Waals surface area contributed by atoms with Crippen molar-refractivity contribution in [1.29, 1.82) is 0 Å². The Morgan fingerprint density at radius 2 is 2.00 bits per heavy atom. The van der Waals surface area contributed by atoms with E-state index in [-0.39, 0.29) is 6.09 Å². The van der Waals surface area contributed by atoms with E-state index in [0.717, 1.165) is 13.0 Å². The van der Waals surface area contributed by atoms with E-state index in [0.29, 0.717) is 24.4 Å². The van der Waals surface area contributed by atoms with Crippen molar-refractivity contribution < 1.29 is 9.53 Å². The Hall–Kier alpha value is -0.770. The largest absolute Gasteiger partial charge is 0.444 e. The van der Waals surface area contributed by atoms with Crippen molar-refractivity contribution in [3.05, 3.63) is 0 Å². The molecule has 0 aromatic rings. The first-order valence-electron chi connectivity index (χ1n) is 7.12. The van der Waals surface area contributed by atoms with Gasteiger partial charge in [0.25, 0.3) is 0 Å². The summed E-state index contributed by atoms with van der Waals surface area (Å²) in [7, 11) is 0. The minimum atomic E-state index is -0.415. The summed E-state index contributed by atoms with van der Waals surface area (Å²) in [4.78, 5) is 14.2. The lowest BCUT2D eigenvalue weighted by Gasteiger charge is -2.33. The molecule has 0 bridgehead atoms. The molecule has 1 saturated carbocycles. The number of amides is 1. The van der Waals surface area contributed by atoms with Gasteiger partial charge in [-0.25, -0.2) is 4.79 Å². The normalized spacial score (nSPS) is 32.2. The van der Waals surface area contributed by atoms with Gasteiger partial charge in [0.2, 0.25) is 0 Å². The van der Waals surface area contributed by atoms with Crippen molar-refractivity contribution in [3.63, 3.8) is 0 Å². The van der Waals surface area contributed by atoms with E-state index in [1.54, 1.807) is 0 Å². The topological polar surface area (TPSA) is 55.6 Å². The van der Waals surface area contributed by atoms with Gasteiger partial charge in [-0.3, -0.25) is 0 Å². The fourth-order valence-corrected chi connectivity index (χ4v) is 3.38. The smallest absolute Gasteiger partial charge is 0.410 e. The van der Waals surface area contributed by atoms with Crippen LogP contribution in [0.5, 0.6) is 0 Å². The van der Waals surface area contributed by atoms with Crippen LogP contribution in [0.25, 0.3) is 0 Å². The number of fused-ring (bicyclic) bond motifs is 1. The monoisotopic (exact) mass is 254 g/mol. The summed E-state index contributed by atoms with van der Waals surface area (Å²) in [6.07, 6.45) is 4.67. The van der Waals surface area contributed by atoms with Crippen LogP contribution in [0.1, 0.15) is 46.5 Å². The zero-order valence-corrected chi connectivity index (χ0v) is 11.8. The molecule has 0 unspecified atom stereocenters. The van der Waals surface area contributed by atoms with E-state index in [1.807, 2.05) is 25.7 Å². The van der Waals surface area contributed by atoms with E-state index in [9.17, 15) is 4.79 Å². The molecule has 0 aromatic heterocycles. The van der Waals surface area contributed by atoms with Gasteiger partial charge in [-0.1, -0.05) is 12.8 Å². The molecule has 18 heavy (non-hydrogen) atoms. The molecular formula is C14H26N2O2. The molecule has 2 rings (SSSR count). The molecule has 1 saturated heterocycles. The highest BCUT2D eigenvalue weighted by molar-refractivity contribution is 5.69. The number of likely N-dealkylation sites (tertiary alicyclic amines) is 1. The maximum Gasteiger partial charge on any atom is 0.410 e. The number of nitrogens with zero attached hydrogens (tertiary/aromatic N) is 1. The van der Waals surface area contributed by atoms with E-state index in [4.69, 9.17) is 10.5 Å². The van der Waals surface area contributed by atoms with Crippen LogP contribution < -0.4 is 5.73 Å². The lowest BCUT2D eigenvalue weighted by Crippen LogP contribution is -2.42. The van der Waals surface area contributed by atoms with Crippen molar-refractivity contribution >= 4 is 6.09 Å². The summed E-state index contributed by atoms with van der Waals surface area (Å²) in [5.41, 5.74) is 5.44. The predicted octanol–water partition coefficient (Wildman–Crippen LogP) is 2.37. The highest BCUT2D eigenvalue weighted by atomic mass is 16.6. The Morgan fingerprint density at radius 3 is 2.61 bits per heavy atom. The van der Waals surface area contributed by atoms with Crippen molar-refractivity contribution in [2.24, 2.45) is 17.6 Å². The Kier molecular flexibility index (Phi) is 3.85. The van der Waals surface area contributed by atoms with Gasteiger partial charge in [0, 0.05) is 12.6 Å². The van der Waals surface area contributed by atoms with Gasteiger partial charge < -0.3 is 15.4 Å². The molecule has 2 fully saturated rings. The highest BCUT2D eigenvalue weighted by Gasteiger charge is 2.45. The molecule has 1 heterocycles. The molecule has 0 aromatic carbocycles. The van der Waals surface area contributed by atoms with Crippen molar-refractivity contribution in [2.45, 2.75) is 58.1 Å². The molecule has 0 radical (unpaired) electrons. The number of carbonyl (C=O) groups is 1. The SMILES string of the molecule is CC(C)(C)OC(=O)N1C[C@@H](CN)[C@H]2CCCC[C@H]21. The third kappa shape index (κ3) is 2.79. The average Bonchev–Trinajstić information content (AvgIpc) is 2.65. The summed E-state index contributed by atoms with van der Waals surface area (Å²) in [5, 5.41) is 0. The first kappa shape index (κ1) is 13.7. The van der Waals surface area contributed by atoms with Gasteiger partial charge in [-0.2, -0.15) is 0 Å². The Morgan fingerprint density at radius 1 is 1.33 bits per heavy atom. The van der Waals surface area contributed by atoms with Crippen LogP contribution in [-0.2, 0) is 4.74 Å². The minimum Gasteiger partial charge on any atom is -0.444 e. The summed E-state index contributed by atoms with van der Waals surface area (Å²) in [6, 6.07) is 0.363. The Labute approximate surface area is 110 Å². The Balaban J connectivity index is 2.06. The third-order valence-corrected chi connectivity index (χ3v) is 4.15. The zero-order valence-electron chi connectivity index (χ0n) is 11.8. The van der Waals surface area contributed by atoms with Crippen LogP contribution >= 0.6 is 0 Å². The molecular weight excluding hydrogens is 228 g/mol. The number of rotatable bonds is 1. The quantitative estimate of drug-likeness (QED) is 0.781. The first-order valence-corrected chi connectivity index (χ1v) is 7.12. The van der Waals surface area contributed by atoms with E-state index in [2.05, 4.69) is 0 Å². The predicted molar refractivity (Wildman–Crippen MR) is 71.2 cm³/mol. The van der Waals surface area contributed by atoms with Crippen molar-refractivity contribution in [2.75, 3.05) is 13.1 Å². The van der Waals surface area contributed by atoms with Crippen LogP contribution in [0.2, 0.25) is 0 Å².